The molecule has 5 heteroatoms. The summed E-state index contributed by atoms with van der Waals surface area (Å²) in [6.07, 6.45) is 0.477. The van der Waals surface area contributed by atoms with Crippen LogP contribution in [0.2, 0.25) is 0 Å². The van der Waals surface area contributed by atoms with Crippen LogP contribution in [0.3, 0.4) is 0 Å². The Kier molecular flexibility index (Phi) is 3.80. The topological polar surface area (TPSA) is 72.7 Å². The molecule has 21 heavy (non-hydrogen) atoms. The van der Waals surface area contributed by atoms with Gasteiger partial charge in [0.2, 0.25) is 0 Å². The van der Waals surface area contributed by atoms with Crippen LogP contribution in [-0.4, -0.2) is 20.3 Å². The number of hydrogen-bond acceptors (Lipinski definition) is 4. The SMILES string of the molecule is N#CC(Cc1ccccc1O)Sc1nc2ccccc2[nH]1. The highest BCUT2D eigenvalue weighted by molar-refractivity contribution is 8.00. The van der Waals surface area contributed by atoms with Gasteiger partial charge < -0.3 is 10.1 Å². The number of aromatic nitrogens is 2. The Morgan fingerprint density at radius 1 is 1.19 bits per heavy atom. The summed E-state index contributed by atoms with van der Waals surface area (Å²) in [4.78, 5) is 7.66. The molecule has 0 fully saturated rings. The minimum atomic E-state index is -0.307. The molecule has 104 valence electrons. The van der Waals surface area contributed by atoms with Gasteiger partial charge in [-0.25, -0.2) is 4.98 Å². The zero-order valence-electron chi connectivity index (χ0n) is 11.2. The van der Waals surface area contributed by atoms with E-state index in [1.54, 1.807) is 12.1 Å². The number of nitrogens with zero attached hydrogens (tertiary/aromatic N) is 2. The molecule has 1 unspecified atom stereocenters. The molecular formula is C16H13N3OS. The van der Waals surface area contributed by atoms with Crippen molar-refractivity contribution in [3.05, 3.63) is 54.1 Å². The van der Waals surface area contributed by atoms with E-state index >= 15 is 0 Å². The summed E-state index contributed by atoms with van der Waals surface area (Å²) >= 11 is 1.38. The van der Waals surface area contributed by atoms with Crippen LogP contribution in [0.25, 0.3) is 11.0 Å². The molecule has 2 N–H and O–H groups in total. The highest BCUT2D eigenvalue weighted by Gasteiger charge is 2.15. The molecule has 0 aliphatic rings. The van der Waals surface area contributed by atoms with Gasteiger partial charge in [-0.2, -0.15) is 5.26 Å². The van der Waals surface area contributed by atoms with E-state index in [9.17, 15) is 10.4 Å². The zero-order valence-corrected chi connectivity index (χ0v) is 12.0. The molecule has 2 aromatic carbocycles. The second kappa shape index (κ2) is 5.90. The Balaban J connectivity index is 1.78. The van der Waals surface area contributed by atoms with Crippen LogP contribution in [0.15, 0.2) is 53.7 Å². The van der Waals surface area contributed by atoms with Gasteiger partial charge in [0.05, 0.1) is 17.1 Å². The number of aromatic hydroxyl groups is 1. The number of fused-ring (bicyclic) bond motifs is 1. The van der Waals surface area contributed by atoms with Gasteiger partial charge in [-0.05, 0) is 23.8 Å². The standard InChI is InChI=1S/C16H13N3OS/c17-10-12(9-11-5-1-4-8-15(11)20)21-16-18-13-6-2-3-7-14(13)19-16/h1-8,12,20H,9H2,(H,18,19). The summed E-state index contributed by atoms with van der Waals surface area (Å²) in [5.74, 6) is 0.225. The summed E-state index contributed by atoms with van der Waals surface area (Å²) < 4.78 is 0. The van der Waals surface area contributed by atoms with Gasteiger partial charge in [0.15, 0.2) is 5.16 Å². The maximum absolute atomic E-state index is 9.79. The van der Waals surface area contributed by atoms with E-state index in [2.05, 4.69) is 16.0 Å². The van der Waals surface area contributed by atoms with E-state index in [4.69, 9.17) is 0 Å². The highest BCUT2D eigenvalue weighted by Crippen LogP contribution is 2.27. The quantitative estimate of drug-likeness (QED) is 0.723. The molecule has 0 spiro atoms. The van der Waals surface area contributed by atoms with Crippen LogP contribution in [0.1, 0.15) is 5.56 Å². The minimum absolute atomic E-state index is 0.225. The number of phenols is 1. The van der Waals surface area contributed by atoms with Gasteiger partial charge in [-0.3, -0.25) is 0 Å². The molecule has 0 aliphatic carbocycles. The third-order valence-electron chi connectivity index (χ3n) is 3.16. The number of rotatable bonds is 4. The van der Waals surface area contributed by atoms with Gasteiger partial charge in [0.25, 0.3) is 0 Å². The second-order valence-electron chi connectivity index (χ2n) is 4.63. The molecule has 0 saturated carbocycles. The summed E-state index contributed by atoms with van der Waals surface area (Å²) in [5, 5.41) is 19.5. The summed E-state index contributed by atoms with van der Waals surface area (Å²) in [7, 11) is 0. The fraction of sp³-hybridized carbons (Fsp3) is 0.125. The van der Waals surface area contributed by atoms with Gasteiger partial charge >= 0.3 is 0 Å². The predicted octanol–water partition coefficient (Wildman–Crippen LogP) is 3.50. The Labute approximate surface area is 126 Å². The number of nitrogens with one attached hydrogen (secondary N) is 1. The van der Waals surface area contributed by atoms with E-state index < -0.39 is 0 Å². The van der Waals surface area contributed by atoms with E-state index in [1.807, 2.05) is 36.4 Å². The Morgan fingerprint density at radius 2 is 1.95 bits per heavy atom. The van der Waals surface area contributed by atoms with Gasteiger partial charge in [0, 0.05) is 6.42 Å². The van der Waals surface area contributed by atoms with Crippen molar-refractivity contribution in [3.63, 3.8) is 0 Å². The van der Waals surface area contributed by atoms with Crippen molar-refractivity contribution in [1.29, 1.82) is 5.26 Å². The molecule has 1 aromatic heterocycles. The number of imidazole rings is 1. The lowest BCUT2D eigenvalue weighted by Crippen LogP contribution is -2.04. The molecule has 1 atom stereocenters. The first kappa shape index (κ1) is 13.5. The number of para-hydroxylation sites is 3. The molecule has 0 saturated heterocycles. The highest BCUT2D eigenvalue weighted by atomic mass is 32.2. The van der Waals surface area contributed by atoms with Crippen molar-refractivity contribution >= 4 is 22.8 Å². The van der Waals surface area contributed by atoms with Gasteiger partial charge in [0.1, 0.15) is 11.0 Å². The second-order valence-corrected chi connectivity index (χ2v) is 5.82. The van der Waals surface area contributed by atoms with Crippen LogP contribution in [0.5, 0.6) is 5.75 Å². The first-order valence-electron chi connectivity index (χ1n) is 6.54. The number of nitriles is 1. The van der Waals surface area contributed by atoms with Crippen molar-refractivity contribution in [3.8, 4) is 11.8 Å². The molecule has 0 amide bonds. The maximum Gasteiger partial charge on any atom is 0.167 e. The number of phenolic OH excluding ortho intramolecular Hbond substituents is 1. The monoisotopic (exact) mass is 295 g/mol. The fourth-order valence-electron chi connectivity index (χ4n) is 2.12. The van der Waals surface area contributed by atoms with E-state index in [0.29, 0.717) is 6.42 Å². The molecule has 0 aliphatic heterocycles. The molecule has 0 bridgehead atoms. The molecule has 3 rings (SSSR count). The summed E-state index contributed by atoms with van der Waals surface area (Å²) in [6.45, 7) is 0. The Bertz CT molecular complexity index is 773. The average molecular weight is 295 g/mol. The minimum Gasteiger partial charge on any atom is -0.508 e. The van der Waals surface area contributed by atoms with E-state index in [1.165, 1.54) is 11.8 Å². The summed E-state index contributed by atoms with van der Waals surface area (Å²) in [6, 6.07) is 17.1. The average Bonchev–Trinajstić information content (AvgIpc) is 2.91. The van der Waals surface area contributed by atoms with Crippen molar-refractivity contribution in [2.24, 2.45) is 0 Å². The smallest absolute Gasteiger partial charge is 0.167 e. The summed E-state index contributed by atoms with van der Waals surface area (Å²) in [5.41, 5.74) is 2.62. The number of H-pyrrole nitrogens is 1. The number of aromatic amines is 1. The number of hydrogen-bond donors (Lipinski definition) is 2. The lowest BCUT2D eigenvalue weighted by atomic mass is 10.1. The van der Waals surface area contributed by atoms with Crippen LogP contribution in [0.4, 0.5) is 0 Å². The van der Waals surface area contributed by atoms with Crippen molar-refractivity contribution in [2.45, 2.75) is 16.8 Å². The predicted molar refractivity (Wildman–Crippen MR) is 83.2 cm³/mol. The molecule has 1 heterocycles. The van der Waals surface area contributed by atoms with Crippen LogP contribution in [-0.2, 0) is 6.42 Å². The number of thioether (sulfide) groups is 1. The van der Waals surface area contributed by atoms with Crippen LogP contribution >= 0.6 is 11.8 Å². The normalized spacial score (nSPS) is 12.1. The fourth-order valence-corrected chi connectivity index (χ4v) is 3.02. The van der Waals surface area contributed by atoms with Crippen molar-refractivity contribution in [2.75, 3.05) is 0 Å². The molecule has 0 radical (unpaired) electrons. The third-order valence-corrected chi connectivity index (χ3v) is 4.14. The van der Waals surface area contributed by atoms with Crippen LogP contribution < -0.4 is 0 Å². The zero-order chi connectivity index (χ0) is 14.7. The van der Waals surface area contributed by atoms with Gasteiger partial charge in [-0.15, -0.1) is 0 Å². The lowest BCUT2D eigenvalue weighted by molar-refractivity contribution is 0.468. The maximum atomic E-state index is 9.79. The van der Waals surface area contributed by atoms with Crippen molar-refractivity contribution < 1.29 is 5.11 Å². The van der Waals surface area contributed by atoms with E-state index in [0.717, 1.165) is 21.8 Å². The lowest BCUT2D eigenvalue weighted by Gasteiger charge is -2.08. The van der Waals surface area contributed by atoms with Gasteiger partial charge in [-0.1, -0.05) is 42.1 Å². The molecular weight excluding hydrogens is 282 g/mol. The largest absolute Gasteiger partial charge is 0.508 e. The number of benzene rings is 2. The Hall–Kier alpha value is -2.45. The molecule has 4 nitrogen and oxygen atoms in total. The third kappa shape index (κ3) is 3.01. The van der Waals surface area contributed by atoms with Crippen molar-refractivity contribution in [1.82, 2.24) is 9.97 Å². The van der Waals surface area contributed by atoms with E-state index in [-0.39, 0.29) is 11.0 Å². The first-order valence-corrected chi connectivity index (χ1v) is 7.42. The van der Waals surface area contributed by atoms with Crippen LogP contribution in [0, 0.1) is 11.3 Å². The molecule has 3 aromatic rings. The Morgan fingerprint density at radius 3 is 2.71 bits per heavy atom. The first-order chi connectivity index (χ1) is 10.3.